The number of carbonyl (C=O) groups excluding carboxylic acids is 1. The molecule has 1 heterocycles. The van der Waals surface area contributed by atoms with Crippen LogP contribution in [0.2, 0.25) is 5.02 Å². The van der Waals surface area contributed by atoms with Crippen LogP contribution in [0.5, 0.6) is 0 Å². The lowest BCUT2D eigenvalue weighted by Crippen LogP contribution is -2.06. The Hall–Kier alpha value is -2.51. The van der Waals surface area contributed by atoms with Crippen LogP contribution in [0.4, 0.5) is 5.69 Å². The number of nitro benzene ring substituents is 1. The molecule has 0 unspecified atom stereocenters. The molecule has 0 aliphatic carbocycles. The predicted octanol–water partition coefficient (Wildman–Crippen LogP) is 4.36. The average molecular weight is 408 g/mol. The molecule has 3 rings (SSSR count). The largest absolute Gasteiger partial charge is 0.402 e. The summed E-state index contributed by atoms with van der Waals surface area (Å²) in [5, 5.41) is 11.0. The first-order valence-electron chi connectivity index (χ1n) is 6.67. The minimum Gasteiger partial charge on any atom is -0.402 e. The van der Waals surface area contributed by atoms with Crippen LogP contribution in [0.3, 0.4) is 0 Å². The third-order valence-electron chi connectivity index (χ3n) is 3.21. The Bertz CT molecular complexity index is 924. The number of hydrogen-bond donors (Lipinski definition) is 0. The summed E-state index contributed by atoms with van der Waals surface area (Å²) in [5.41, 5.74) is 0.886. The maximum atomic E-state index is 12.0. The summed E-state index contributed by atoms with van der Waals surface area (Å²) in [6.45, 7) is 0. The standard InChI is InChI=1S/C16H8BrClN2O4/c17-11-4-2-1-3-9(11)7-13-16(21)24-15(19-13)10-5-6-12(18)14(8-10)20(22)23/h1-8H. The quantitative estimate of drug-likeness (QED) is 0.328. The first-order chi connectivity index (χ1) is 11.5. The summed E-state index contributed by atoms with van der Waals surface area (Å²) in [5.74, 6) is -0.628. The molecule has 0 fully saturated rings. The van der Waals surface area contributed by atoms with Gasteiger partial charge >= 0.3 is 5.97 Å². The summed E-state index contributed by atoms with van der Waals surface area (Å²) in [6.07, 6.45) is 1.57. The Morgan fingerprint density at radius 3 is 2.71 bits per heavy atom. The van der Waals surface area contributed by atoms with Crippen molar-refractivity contribution in [2.45, 2.75) is 0 Å². The van der Waals surface area contributed by atoms with Crippen molar-refractivity contribution in [1.29, 1.82) is 0 Å². The number of hydrogen-bond acceptors (Lipinski definition) is 5. The third kappa shape index (κ3) is 3.22. The number of nitro groups is 1. The van der Waals surface area contributed by atoms with Gasteiger partial charge in [0.05, 0.1) is 4.92 Å². The molecule has 120 valence electrons. The van der Waals surface area contributed by atoms with E-state index in [4.69, 9.17) is 16.3 Å². The smallest absolute Gasteiger partial charge is 0.363 e. The summed E-state index contributed by atoms with van der Waals surface area (Å²) in [7, 11) is 0. The molecule has 0 spiro atoms. The SMILES string of the molecule is O=C1OC(c2ccc(Cl)c([N+](=O)[O-])c2)=NC1=Cc1ccccc1Br. The molecule has 1 aliphatic heterocycles. The highest BCUT2D eigenvalue weighted by Gasteiger charge is 2.26. The Morgan fingerprint density at radius 1 is 1.25 bits per heavy atom. The topological polar surface area (TPSA) is 81.8 Å². The van der Waals surface area contributed by atoms with E-state index in [-0.39, 0.29) is 22.3 Å². The predicted molar refractivity (Wildman–Crippen MR) is 92.9 cm³/mol. The van der Waals surface area contributed by atoms with Crippen LogP contribution >= 0.6 is 27.5 Å². The van der Waals surface area contributed by atoms with Gasteiger partial charge < -0.3 is 4.74 Å². The number of ether oxygens (including phenoxy) is 1. The Kier molecular flexibility index (Phi) is 4.46. The van der Waals surface area contributed by atoms with E-state index in [2.05, 4.69) is 20.9 Å². The molecule has 1 aliphatic rings. The molecule has 2 aromatic rings. The normalized spacial score (nSPS) is 15.3. The second-order valence-corrected chi connectivity index (χ2v) is 6.04. The first kappa shape index (κ1) is 16.4. The van der Waals surface area contributed by atoms with E-state index < -0.39 is 10.9 Å². The minimum atomic E-state index is -0.627. The van der Waals surface area contributed by atoms with Gasteiger partial charge in [0.15, 0.2) is 5.70 Å². The van der Waals surface area contributed by atoms with E-state index >= 15 is 0 Å². The van der Waals surface area contributed by atoms with E-state index in [1.807, 2.05) is 24.3 Å². The lowest BCUT2D eigenvalue weighted by Gasteiger charge is -2.00. The maximum Gasteiger partial charge on any atom is 0.363 e. The molecule has 0 bridgehead atoms. The number of cyclic esters (lactones) is 1. The zero-order valence-corrected chi connectivity index (χ0v) is 14.2. The van der Waals surface area contributed by atoms with Crippen LogP contribution in [0.25, 0.3) is 6.08 Å². The number of aliphatic imine (C=N–C) groups is 1. The van der Waals surface area contributed by atoms with Gasteiger partial charge in [0.1, 0.15) is 5.02 Å². The van der Waals surface area contributed by atoms with Crippen molar-refractivity contribution in [3.05, 3.63) is 78.9 Å². The van der Waals surface area contributed by atoms with Gasteiger partial charge in [-0.3, -0.25) is 10.1 Å². The van der Waals surface area contributed by atoms with Crippen LogP contribution in [-0.2, 0) is 9.53 Å². The highest BCUT2D eigenvalue weighted by molar-refractivity contribution is 9.10. The van der Waals surface area contributed by atoms with Crippen LogP contribution in [-0.4, -0.2) is 16.8 Å². The average Bonchev–Trinajstić information content (AvgIpc) is 2.91. The summed E-state index contributed by atoms with van der Waals surface area (Å²) in [6, 6.07) is 11.4. The van der Waals surface area contributed by atoms with E-state index in [9.17, 15) is 14.9 Å². The molecule has 8 heteroatoms. The van der Waals surface area contributed by atoms with Crippen molar-refractivity contribution in [1.82, 2.24) is 0 Å². The molecule has 6 nitrogen and oxygen atoms in total. The molecule has 24 heavy (non-hydrogen) atoms. The second-order valence-electron chi connectivity index (χ2n) is 4.78. The van der Waals surface area contributed by atoms with Gasteiger partial charge in [-0.05, 0) is 29.8 Å². The van der Waals surface area contributed by atoms with Gasteiger partial charge in [-0.25, -0.2) is 9.79 Å². The van der Waals surface area contributed by atoms with E-state index in [0.717, 1.165) is 10.0 Å². The van der Waals surface area contributed by atoms with Gasteiger partial charge in [0, 0.05) is 16.1 Å². The van der Waals surface area contributed by atoms with Crippen LogP contribution in [0.1, 0.15) is 11.1 Å². The van der Waals surface area contributed by atoms with Crippen molar-refractivity contribution < 1.29 is 14.5 Å². The van der Waals surface area contributed by atoms with Crippen molar-refractivity contribution in [3.63, 3.8) is 0 Å². The van der Waals surface area contributed by atoms with Crippen molar-refractivity contribution in [2.24, 2.45) is 4.99 Å². The first-order valence-corrected chi connectivity index (χ1v) is 7.84. The Balaban J connectivity index is 2.00. The second kappa shape index (κ2) is 6.54. The molecule has 0 saturated carbocycles. The molecule has 0 atom stereocenters. The lowest BCUT2D eigenvalue weighted by molar-refractivity contribution is -0.384. The zero-order valence-electron chi connectivity index (χ0n) is 11.9. The van der Waals surface area contributed by atoms with Gasteiger partial charge in [-0.2, -0.15) is 0 Å². The number of halogens is 2. The molecule has 0 saturated heterocycles. The molecule has 2 aromatic carbocycles. The van der Waals surface area contributed by atoms with Gasteiger partial charge in [-0.1, -0.05) is 45.7 Å². The van der Waals surface area contributed by atoms with E-state index in [1.165, 1.54) is 18.2 Å². The van der Waals surface area contributed by atoms with Crippen LogP contribution in [0, 0.1) is 10.1 Å². The molecular weight excluding hydrogens is 400 g/mol. The van der Waals surface area contributed by atoms with Gasteiger partial charge in [-0.15, -0.1) is 0 Å². The fourth-order valence-electron chi connectivity index (χ4n) is 2.06. The van der Waals surface area contributed by atoms with Crippen LogP contribution < -0.4 is 0 Å². The van der Waals surface area contributed by atoms with Gasteiger partial charge in [0.25, 0.3) is 5.69 Å². The molecule has 0 aromatic heterocycles. The third-order valence-corrected chi connectivity index (χ3v) is 4.25. The fraction of sp³-hybridized carbons (Fsp3) is 0. The number of nitrogens with zero attached hydrogens (tertiary/aromatic N) is 2. The van der Waals surface area contributed by atoms with Crippen molar-refractivity contribution in [3.8, 4) is 0 Å². The fourth-order valence-corrected chi connectivity index (χ4v) is 2.64. The molecular formula is C16H8BrClN2O4. The van der Waals surface area contributed by atoms with Crippen LogP contribution in [0.15, 0.2) is 57.6 Å². The zero-order chi connectivity index (χ0) is 17.3. The highest BCUT2D eigenvalue weighted by Crippen LogP contribution is 2.28. The Labute approximate surface area is 149 Å². The summed E-state index contributed by atoms with van der Waals surface area (Å²) in [4.78, 5) is 26.4. The number of esters is 1. The Morgan fingerprint density at radius 2 is 2.00 bits per heavy atom. The monoisotopic (exact) mass is 406 g/mol. The number of carbonyl (C=O) groups is 1. The van der Waals surface area contributed by atoms with E-state index in [0.29, 0.717) is 5.56 Å². The molecule has 0 radical (unpaired) electrons. The maximum absolute atomic E-state index is 12.0. The van der Waals surface area contributed by atoms with Crippen molar-refractivity contribution >= 4 is 51.2 Å². The molecule has 0 amide bonds. The number of rotatable bonds is 3. The summed E-state index contributed by atoms with van der Waals surface area (Å²) < 4.78 is 5.91. The van der Waals surface area contributed by atoms with E-state index in [1.54, 1.807) is 6.08 Å². The highest BCUT2D eigenvalue weighted by atomic mass is 79.9. The lowest BCUT2D eigenvalue weighted by atomic mass is 10.2. The summed E-state index contributed by atoms with van der Waals surface area (Å²) >= 11 is 9.16. The molecule has 0 N–H and O–H groups in total. The van der Waals surface area contributed by atoms with Crippen molar-refractivity contribution in [2.75, 3.05) is 0 Å². The number of benzene rings is 2. The minimum absolute atomic E-state index is 0.00179. The van der Waals surface area contributed by atoms with Gasteiger partial charge in [0.2, 0.25) is 5.90 Å².